The summed E-state index contributed by atoms with van der Waals surface area (Å²) in [7, 11) is 0. The van der Waals surface area contributed by atoms with Crippen LogP contribution in [0.1, 0.15) is 148 Å². The van der Waals surface area contributed by atoms with Crippen molar-refractivity contribution in [2.24, 2.45) is 0 Å². The number of benzene rings is 4. The van der Waals surface area contributed by atoms with Gasteiger partial charge in [0.1, 0.15) is 0 Å². The molecule has 0 bridgehead atoms. The smallest absolute Gasteiger partial charge is 0.0314 e. The fourth-order valence-electron chi connectivity index (χ4n) is 7.10. The van der Waals surface area contributed by atoms with E-state index in [9.17, 15) is 0 Å². The van der Waals surface area contributed by atoms with Gasteiger partial charge < -0.3 is 11.5 Å². The minimum atomic E-state index is 0.838. The van der Waals surface area contributed by atoms with Crippen LogP contribution in [0.4, 0.5) is 11.4 Å². The summed E-state index contributed by atoms with van der Waals surface area (Å²) in [4.78, 5) is 0. The second-order valence-electron chi connectivity index (χ2n) is 14.3. The van der Waals surface area contributed by atoms with Crippen molar-refractivity contribution in [3.63, 3.8) is 0 Å². The molecule has 4 rings (SSSR count). The van der Waals surface area contributed by atoms with Gasteiger partial charge in [0.2, 0.25) is 0 Å². The Morgan fingerprint density at radius 3 is 1.02 bits per heavy atom. The maximum Gasteiger partial charge on any atom is 0.0314 e. The lowest BCUT2D eigenvalue weighted by Crippen LogP contribution is -1.99. The first kappa shape index (κ1) is 37.3. The van der Waals surface area contributed by atoms with Crippen LogP contribution in [0.3, 0.4) is 0 Å². The summed E-state index contributed by atoms with van der Waals surface area (Å²) < 4.78 is 0. The standard InChI is InChI=1S/C46H64N2/c1-3-5-13-19-43-35-39(33-37-23-29-45(47)30-24-37)21-27-41(43)17-15-11-9-7-8-10-12-16-18-42-28-22-40(36-44(42)20-14-6-4-2)34-38-25-31-46(48)32-26-38/h21-32,35-36H,3-20,33-34,47-48H2,1-2H3. The number of hydrogen-bond donors (Lipinski definition) is 2. The van der Waals surface area contributed by atoms with Crippen molar-refractivity contribution in [1.29, 1.82) is 0 Å². The third-order valence-corrected chi connectivity index (χ3v) is 10.1. The molecule has 4 aromatic rings. The minimum absolute atomic E-state index is 0.838. The van der Waals surface area contributed by atoms with Gasteiger partial charge in [0.25, 0.3) is 0 Å². The average molecular weight is 645 g/mol. The van der Waals surface area contributed by atoms with Gasteiger partial charge in [-0.15, -0.1) is 0 Å². The molecule has 0 aliphatic heterocycles. The van der Waals surface area contributed by atoms with Gasteiger partial charge in [-0.3, -0.25) is 0 Å². The molecule has 0 saturated heterocycles. The lowest BCUT2D eigenvalue weighted by atomic mass is 9.92. The summed E-state index contributed by atoms with van der Waals surface area (Å²) in [5, 5.41) is 0. The van der Waals surface area contributed by atoms with Crippen LogP contribution in [0, 0.1) is 0 Å². The molecule has 0 fully saturated rings. The van der Waals surface area contributed by atoms with Crippen molar-refractivity contribution in [2.75, 3.05) is 11.5 Å². The molecular formula is C46H64N2. The van der Waals surface area contributed by atoms with E-state index in [4.69, 9.17) is 11.5 Å². The fraction of sp³-hybridized carbons (Fsp3) is 0.478. The maximum absolute atomic E-state index is 5.90. The Balaban J connectivity index is 1.15. The van der Waals surface area contributed by atoms with E-state index >= 15 is 0 Å². The Labute approximate surface area is 293 Å². The van der Waals surface area contributed by atoms with Crippen LogP contribution >= 0.6 is 0 Å². The summed E-state index contributed by atoms with van der Waals surface area (Å²) in [5.41, 5.74) is 25.3. The minimum Gasteiger partial charge on any atom is -0.399 e. The topological polar surface area (TPSA) is 52.0 Å². The summed E-state index contributed by atoms with van der Waals surface area (Å²) in [5.74, 6) is 0. The van der Waals surface area contributed by atoms with Gasteiger partial charge in [-0.25, -0.2) is 0 Å². The van der Waals surface area contributed by atoms with Crippen molar-refractivity contribution < 1.29 is 0 Å². The molecule has 0 aliphatic carbocycles. The molecule has 0 heterocycles. The van der Waals surface area contributed by atoms with Gasteiger partial charge in [-0.1, -0.05) is 139 Å². The highest BCUT2D eigenvalue weighted by molar-refractivity contribution is 5.43. The number of nitrogen functional groups attached to an aromatic ring is 2. The summed E-state index contributed by atoms with van der Waals surface area (Å²) in [6.07, 6.45) is 25.5. The molecule has 0 aromatic heterocycles. The van der Waals surface area contributed by atoms with Gasteiger partial charge in [-0.05, 0) is 133 Å². The third kappa shape index (κ3) is 13.5. The van der Waals surface area contributed by atoms with E-state index in [-0.39, 0.29) is 0 Å². The summed E-state index contributed by atoms with van der Waals surface area (Å²) in [6.45, 7) is 4.60. The highest BCUT2D eigenvalue weighted by Gasteiger charge is 2.08. The SMILES string of the molecule is CCCCCc1cc(Cc2ccc(N)cc2)ccc1CCCCCCCCCCc1ccc(Cc2ccc(N)cc2)cc1CCCCC. The molecule has 0 atom stereocenters. The van der Waals surface area contributed by atoms with Crippen LogP contribution in [0.25, 0.3) is 0 Å². The van der Waals surface area contributed by atoms with Gasteiger partial charge in [0.15, 0.2) is 0 Å². The van der Waals surface area contributed by atoms with E-state index in [1.807, 2.05) is 24.3 Å². The van der Waals surface area contributed by atoms with E-state index < -0.39 is 0 Å². The molecule has 48 heavy (non-hydrogen) atoms. The van der Waals surface area contributed by atoms with Crippen LogP contribution in [0.2, 0.25) is 0 Å². The molecule has 0 radical (unpaired) electrons. The molecule has 0 saturated carbocycles. The molecule has 0 aliphatic rings. The van der Waals surface area contributed by atoms with Crippen molar-refractivity contribution in [2.45, 2.75) is 142 Å². The fourth-order valence-corrected chi connectivity index (χ4v) is 7.10. The van der Waals surface area contributed by atoms with Crippen LogP contribution in [0.5, 0.6) is 0 Å². The molecule has 0 amide bonds. The highest BCUT2D eigenvalue weighted by Crippen LogP contribution is 2.23. The van der Waals surface area contributed by atoms with Crippen LogP contribution in [0.15, 0.2) is 84.9 Å². The molecule has 2 heteroatoms. The molecule has 258 valence electrons. The molecule has 4 N–H and O–H groups in total. The Morgan fingerprint density at radius 2 is 0.646 bits per heavy atom. The van der Waals surface area contributed by atoms with Gasteiger partial charge >= 0.3 is 0 Å². The second-order valence-corrected chi connectivity index (χ2v) is 14.3. The van der Waals surface area contributed by atoms with Gasteiger partial charge in [0, 0.05) is 11.4 Å². The lowest BCUT2D eigenvalue weighted by molar-refractivity contribution is 0.566. The predicted octanol–water partition coefficient (Wildman–Crippen LogP) is 12.4. The summed E-state index contributed by atoms with van der Waals surface area (Å²) in [6, 6.07) is 31.3. The number of anilines is 2. The zero-order chi connectivity index (χ0) is 33.8. The van der Waals surface area contributed by atoms with Gasteiger partial charge in [0.05, 0.1) is 0 Å². The average Bonchev–Trinajstić information content (AvgIpc) is 3.09. The molecule has 0 spiro atoms. The number of rotatable bonds is 23. The Morgan fingerprint density at radius 1 is 0.333 bits per heavy atom. The Hall–Kier alpha value is -3.52. The van der Waals surface area contributed by atoms with Crippen LogP contribution in [-0.2, 0) is 38.5 Å². The normalized spacial score (nSPS) is 11.3. The Bertz CT molecular complexity index is 1340. The van der Waals surface area contributed by atoms with E-state index in [2.05, 4.69) is 74.5 Å². The third-order valence-electron chi connectivity index (χ3n) is 10.1. The quantitative estimate of drug-likeness (QED) is 0.0623. The van der Waals surface area contributed by atoms with Crippen LogP contribution < -0.4 is 11.5 Å². The van der Waals surface area contributed by atoms with Gasteiger partial charge in [-0.2, -0.15) is 0 Å². The zero-order valence-corrected chi connectivity index (χ0v) is 30.4. The van der Waals surface area contributed by atoms with Crippen molar-refractivity contribution in [3.8, 4) is 0 Å². The van der Waals surface area contributed by atoms with Crippen molar-refractivity contribution >= 4 is 11.4 Å². The van der Waals surface area contributed by atoms with Crippen molar-refractivity contribution in [3.05, 3.63) is 129 Å². The molecular weight excluding hydrogens is 581 g/mol. The number of nitrogens with two attached hydrogens (primary N) is 2. The van der Waals surface area contributed by atoms with E-state index in [1.165, 1.54) is 138 Å². The number of aryl methyl sites for hydroxylation is 4. The maximum atomic E-state index is 5.90. The summed E-state index contributed by atoms with van der Waals surface area (Å²) >= 11 is 0. The molecule has 4 aromatic carbocycles. The lowest BCUT2D eigenvalue weighted by Gasteiger charge is -2.13. The number of unbranched alkanes of at least 4 members (excludes halogenated alkanes) is 11. The first-order chi connectivity index (χ1) is 23.5. The van der Waals surface area contributed by atoms with E-state index in [0.717, 1.165) is 24.2 Å². The van der Waals surface area contributed by atoms with E-state index in [1.54, 1.807) is 22.3 Å². The largest absolute Gasteiger partial charge is 0.399 e. The molecule has 0 unspecified atom stereocenters. The first-order valence-electron chi connectivity index (χ1n) is 19.4. The van der Waals surface area contributed by atoms with Crippen LogP contribution in [-0.4, -0.2) is 0 Å². The molecule has 2 nitrogen and oxygen atoms in total. The number of hydrogen-bond acceptors (Lipinski definition) is 2. The predicted molar refractivity (Wildman–Crippen MR) is 211 cm³/mol. The van der Waals surface area contributed by atoms with Crippen molar-refractivity contribution in [1.82, 2.24) is 0 Å². The second kappa shape index (κ2) is 21.5. The Kier molecular flexibility index (Phi) is 16.7. The highest BCUT2D eigenvalue weighted by atomic mass is 14.5. The monoisotopic (exact) mass is 645 g/mol. The van der Waals surface area contributed by atoms with E-state index in [0.29, 0.717) is 0 Å². The first-order valence-corrected chi connectivity index (χ1v) is 19.4. The zero-order valence-electron chi connectivity index (χ0n) is 30.4.